The first kappa shape index (κ1) is 14.1. The highest BCUT2D eigenvalue weighted by molar-refractivity contribution is 7.90. The van der Waals surface area contributed by atoms with Crippen LogP contribution in [0.2, 0.25) is 0 Å². The van der Waals surface area contributed by atoms with Gasteiger partial charge in [0.05, 0.1) is 4.90 Å². The van der Waals surface area contributed by atoms with Gasteiger partial charge in [-0.05, 0) is 18.2 Å². The maximum absolute atomic E-state index is 12.4. The quantitative estimate of drug-likeness (QED) is 0.825. The lowest BCUT2D eigenvalue weighted by atomic mass is 10.2. The van der Waals surface area contributed by atoms with E-state index < -0.39 is 21.8 Å². The fraction of sp³-hybridized carbons (Fsp3) is 0.250. The number of benzene rings is 1. The fourth-order valence-electron chi connectivity index (χ4n) is 1.08. The van der Waals surface area contributed by atoms with E-state index in [1.807, 2.05) is 0 Å². The zero-order chi connectivity index (χ0) is 10.9. The molecule has 0 aliphatic heterocycles. The molecule has 0 aliphatic rings. The van der Waals surface area contributed by atoms with Crippen LogP contribution in [-0.4, -0.2) is 14.7 Å². The predicted octanol–water partition coefficient (Wildman–Crippen LogP) is 2.03. The van der Waals surface area contributed by atoms with Gasteiger partial charge in [0.1, 0.15) is 0 Å². The van der Waals surface area contributed by atoms with Gasteiger partial charge in [-0.15, -0.1) is 12.4 Å². The summed E-state index contributed by atoms with van der Waals surface area (Å²) in [6.45, 7) is 0. The molecule has 0 aliphatic carbocycles. The molecule has 3 nitrogen and oxygen atoms in total. The molecular formula is C8H10ClF2NO2S. The summed E-state index contributed by atoms with van der Waals surface area (Å²) < 4.78 is 47.0. The lowest BCUT2D eigenvalue weighted by molar-refractivity contribution is 0.148. The van der Waals surface area contributed by atoms with Gasteiger partial charge in [-0.1, -0.05) is 0 Å². The van der Waals surface area contributed by atoms with Crippen molar-refractivity contribution in [2.45, 2.75) is 11.3 Å². The summed E-state index contributed by atoms with van der Waals surface area (Å²) in [5.41, 5.74) is 4.85. The molecule has 0 unspecified atom stereocenters. The molecule has 0 heterocycles. The standard InChI is InChI=1S/C8H9F2NO2S.ClH/c1-14(12,13)7-3-2-5(11)4-6(7)8(9)10;/h2-4,8H,11H2,1H3;1H. The van der Waals surface area contributed by atoms with E-state index >= 15 is 0 Å². The zero-order valence-electron chi connectivity index (χ0n) is 7.78. The van der Waals surface area contributed by atoms with Crippen molar-refractivity contribution in [3.63, 3.8) is 0 Å². The average Bonchev–Trinajstić information content (AvgIpc) is 2.01. The minimum Gasteiger partial charge on any atom is -0.399 e. The van der Waals surface area contributed by atoms with Crippen LogP contribution in [0.15, 0.2) is 23.1 Å². The normalized spacial score (nSPS) is 11.2. The Bertz CT molecular complexity index is 448. The molecule has 0 amide bonds. The lowest BCUT2D eigenvalue weighted by Gasteiger charge is -2.07. The van der Waals surface area contributed by atoms with Crippen LogP contribution in [0.1, 0.15) is 12.0 Å². The molecule has 0 atom stereocenters. The smallest absolute Gasteiger partial charge is 0.265 e. The highest BCUT2D eigenvalue weighted by Crippen LogP contribution is 2.28. The Hall–Kier alpha value is -0.880. The van der Waals surface area contributed by atoms with Crippen LogP contribution in [0.5, 0.6) is 0 Å². The molecule has 0 saturated carbocycles. The van der Waals surface area contributed by atoms with Crippen molar-refractivity contribution in [1.29, 1.82) is 0 Å². The van der Waals surface area contributed by atoms with E-state index in [1.165, 1.54) is 6.07 Å². The number of sulfone groups is 1. The van der Waals surface area contributed by atoms with Gasteiger partial charge in [-0.25, -0.2) is 17.2 Å². The third-order valence-electron chi connectivity index (χ3n) is 1.67. The second-order valence-corrected chi connectivity index (χ2v) is 4.85. The van der Waals surface area contributed by atoms with Gasteiger partial charge in [0.2, 0.25) is 0 Å². The summed E-state index contributed by atoms with van der Waals surface area (Å²) in [7, 11) is -3.63. The zero-order valence-corrected chi connectivity index (χ0v) is 9.41. The summed E-state index contributed by atoms with van der Waals surface area (Å²) in [5.74, 6) is 0. The van der Waals surface area contributed by atoms with Crippen LogP contribution in [0.25, 0.3) is 0 Å². The summed E-state index contributed by atoms with van der Waals surface area (Å²) >= 11 is 0. The number of nitrogens with two attached hydrogens (primary N) is 1. The van der Waals surface area contributed by atoms with Gasteiger partial charge in [0, 0.05) is 17.5 Å². The highest BCUT2D eigenvalue weighted by atomic mass is 35.5. The molecular weight excluding hydrogens is 248 g/mol. The minimum absolute atomic E-state index is 0. The Morgan fingerprint density at radius 2 is 1.87 bits per heavy atom. The Morgan fingerprint density at radius 1 is 1.33 bits per heavy atom. The van der Waals surface area contributed by atoms with Crippen LogP contribution in [0, 0.1) is 0 Å². The summed E-state index contributed by atoms with van der Waals surface area (Å²) in [4.78, 5) is -0.373. The van der Waals surface area contributed by atoms with E-state index in [1.54, 1.807) is 0 Å². The summed E-state index contributed by atoms with van der Waals surface area (Å²) in [6.07, 6.45) is -1.96. The van der Waals surface area contributed by atoms with E-state index in [2.05, 4.69) is 0 Å². The topological polar surface area (TPSA) is 60.2 Å². The largest absolute Gasteiger partial charge is 0.399 e. The van der Waals surface area contributed by atoms with E-state index in [4.69, 9.17) is 5.73 Å². The average molecular weight is 258 g/mol. The van der Waals surface area contributed by atoms with Crippen LogP contribution < -0.4 is 5.73 Å². The summed E-state index contributed by atoms with van der Waals surface area (Å²) in [6, 6.07) is 3.34. The van der Waals surface area contributed by atoms with Crippen molar-refractivity contribution < 1.29 is 17.2 Å². The van der Waals surface area contributed by atoms with Gasteiger partial charge in [-0.2, -0.15) is 0 Å². The van der Waals surface area contributed by atoms with Crippen molar-refractivity contribution in [3.8, 4) is 0 Å². The third kappa shape index (κ3) is 3.32. The Labute approximate surface area is 92.6 Å². The molecule has 7 heteroatoms. The molecule has 15 heavy (non-hydrogen) atoms. The summed E-state index contributed by atoms with van der Waals surface area (Å²) in [5, 5.41) is 0. The van der Waals surface area contributed by atoms with E-state index in [0.717, 1.165) is 18.4 Å². The van der Waals surface area contributed by atoms with Gasteiger partial charge in [0.15, 0.2) is 9.84 Å². The lowest BCUT2D eigenvalue weighted by Crippen LogP contribution is -2.03. The number of rotatable bonds is 2. The number of hydrogen-bond donors (Lipinski definition) is 1. The van der Waals surface area contributed by atoms with Gasteiger partial charge in [0.25, 0.3) is 6.43 Å². The molecule has 2 N–H and O–H groups in total. The van der Waals surface area contributed by atoms with E-state index in [-0.39, 0.29) is 23.0 Å². The van der Waals surface area contributed by atoms with Crippen LogP contribution in [0.4, 0.5) is 14.5 Å². The molecule has 0 fully saturated rings. The SMILES string of the molecule is CS(=O)(=O)c1ccc(N)cc1C(F)F.Cl. The second kappa shape index (κ2) is 4.76. The third-order valence-corrected chi connectivity index (χ3v) is 2.84. The Balaban J connectivity index is 0.00000196. The molecule has 0 aromatic heterocycles. The molecule has 1 rings (SSSR count). The molecule has 86 valence electrons. The molecule has 0 bridgehead atoms. The second-order valence-electron chi connectivity index (χ2n) is 2.87. The maximum atomic E-state index is 12.4. The fourth-order valence-corrected chi connectivity index (χ4v) is 1.97. The maximum Gasteiger partial charge on any atom is 0.265 e. The first-order valence-electron chi connectivity index (χ1n) is 3.70. The van der Waals surface area contributed by atoms with Gasteiger partial charge in [-0.3, -0.25) is 0 Å². The number of halogens is 3. The molecule has 0 spiro atoms. The number of alkyl halides is 2. The molecule has 0 radical (unpaired) electrons. The number of hydrogen-bond acceptors (Lipinski definition) is 3. The van der Waals surface area contributed by atoms with Crippen LogP contribution in [-0.2, 0) is 9.84 Å². The van der Waals surface area contributed by atoms with Crippen molar-refractivity contribution >= 4 is 27.9 Å². The molecule has 0 saturated heterocycles. The van der Waals surface area contributed by atoms with Crippen molar-refractivity contribution in [2.75, 3.05) is 12.0 Å². The van der Waals surface area contributed by atoms with Crippen molar-refractivity contribution in [2.24, 2.45) is 0 Å². The Kier molecular flexibility index (Phi) is 4.48. The first-order chi connectivity index (χ1) is 6.32. The highest BCUT2D eigenvalue weighted by Gasteiger charge is 2.19. The Morgan fingerprint density at radius 3 is 2.27 bits per heavy atom. The number of nitrogen functional groups attached to an aromatic ring is 1. The predicted molar refractivity (Wildman–Crippen MR) is 56.2 cm³/mol. The van der Waals surface area contributed by atoms with Gasteiger partial charge < -0.3 is 5.73 Å². The van der Waals surface area contributed by atoms with Crippen LogP contribution >= 0.6 is 12.4 Å². The van der Waals surface area contributed by atoms with Crippen molar-refractivity contribution in [1.82, 2.24) is 0 Å². The van der Waals surface area contributed by atoms with Crippen LogP contribution in [0.3, 0.4) is 0 Å². The van der Waals surface area contributed by atoms with E-state index in [0.29, 0.717) is 0 Å². The van der Waals surface area contributed by atoms with E-state index in [9.17, 15) is 17.2 Å². The molecule has 1 aromatic carbocycles. The van der Waals surface area contributed by atoms with Crippen molar-refractivity contribution in [3.05, 3.63) is 23.8 Å². The molecule has 1 aromatic rings. The first-order valence-corrected chi connectivity index (χ1v) is 5.59. The monoisotopic (exact) mass is 257 g/mol. The minimum atomic E-state index is -3.63. The number of anilines is 1. The van der Waals surface area contributed by atoms with Gasteiger partial charge >= 0.3 is 0 Å².